The van der Waals surface area contributed by atoms with Crippen LogP contribution >= 0.6 is 11.3 Å². The predicted molar refractivity (Wildman–Crippen MR) is 119 cm³/mol. The van der Waals surface area contributed by atoms with Crippen LogP contribution in [0.4, 0.5) is 16.4 Å². The van der Waals surface area contributed by atoms with Gasteiger partial charge < -0.3 is 16.0 Å². The van der Waals surface area contributed by atoms with Crippen molar-refractivity contribution in [2.24, 2.45) is 5.92 Å². The van der Waals surface area contributed by atoms with Crippen LogP contribution in [0.3, 0.4) is 0 Å². The molecule has 4 rings (SSSR count). The van der Waals surface area contributed by atoms with Crippen molar-refractivity contribution < 1.29 is 14.4 Å². The van der Waals surface area contributed by atoms with E-state index < -0.39 is 0 Å². The standard InChI is InChI=1S/C23H21N3O3S/c1-14-17(24-21(27)15-6-3-2-4-7-15)8-5-9-18(14)25-23(29)19-12-13-20(30-19)26-22(28)16-10-11-16/h2-9,12-13,16H,10-11H2,1H3,(H,24,27)(H,25,29)(H,26,28). The Kier molecular flexibility index (Phi) is 5.63. The van der Waals surface area contributed by atoms with E-state index in [1.807, 2.05) is 13.0 Å². The Morgan fingerprint density at radius 2 is 1.47 bits per heavy atom. The molecule has 1 aromatic heterocycles. The van der Waals surface area contributed by atoms with Gasteiger partial charge in [0.2, 0.25) is 5.91 Å². The number of carbonyl (C=O) groups is 3. The monoisotopic (exact) mass is 419 g/mol. The zero-order valence-corrected chi connectivity index (χ0v) is 17.2. The largest absolute Gasteiger partial charge is 0.322 e. The second-order valence-corrected chi connectivity index (χ2v) is 8.26. The van der Waals surface area contributed by atoms with Crippen molar-refractivity contribution in [2.75, 3.05) is 16.0 Å². The van der Waals surface area contributed by atoms with E-state index in [1.165, 1.54) is 11.3 Å². The second-order valence-electron chi connectivity index (χ2n) is 7.18. The molecule has 0 aliphatic heterocycles. The summed E-state index contributed by atoms with van der Waals surface area (Å²) in [6.07, 6.45) is 1.86. The Hall–Kier alpha value is -3.45. The van der Waals surface area contributed by atoms with Gasteiger partial charge >= 0.3 is 0 Å². The number of hydrogen-bond donors (Lipinski definition) is 3. The molecule has 2 aromatic carbocycles. The third-order valence-corrected chi connectivity index (χ3v) is 5.89. The molecule has 0 radical (unpaired) electrons. The van der Waals surface area contributed by atoms with Crippen LogP contribution in [-0.2, 0) is 4.79 Å². The van der Waals surface area contributed by atoms with Crippen LogP contribution in [0.1, 0.15) is 38.4 Å². The Labute approximate surface area is 178 Å². The first kappa shape index (κ1) is 19.8. The van der Waals surface area contributed by atoms with E-state index in [0.717, 1.165) is 18.4 Å². The molecule has 1 heterocycles. The molecule has 7 heteroatoms. The smallest absolute Gasteiger partial charge is 0.265 e. The van der Waals surface area contributed by atoms with Gasteiger partial charge in [0.1, 0.15) is 0 Å². The first-order valence-electron chi connectivity index (χ1n) is 9.69. The summed E-state index contributed by atoms with van der Waals surface area (Å²) in [5.41, 5.74) is 2.56. The van der Waals surface area contributed by atoms with Crippen molar-refractivity contribution in [1.82, 2.24) is 0 Å². The number of anilines is 3. The fourth-order valence-electron chi connectivity index (χ4n) is 2.97. The molecular weight excluding hydrogens is 398 g/mol. The molecule has 0 saturated heterocycles. The number of rotatable bonds is 6. The van der Waals surface area contributed by atoms with Gasteiger partial charge in [-0.2, -0.15) is 0 Å². The Morgan fingerprint density at radius 3 is 2.13 bits per heavy atom. The molecule has 1 aliphatic carbocycles. The number of nitrogens with one attached hydrogen (secondary N) is 3. The Morgan fingerprint density at radius 1 is 0.800 bits per heavy atom. The lowest BCUT2D eigenvalue weighted by molar-refractivity contribution is -0.117. The van der Waals surface area contributed by atoms with Gasteiger partial charge in [-0.15, -0.1) is 11.3 Å². The molecule has 1 saturated carbocycles. The SMILES string of the molecule is Cc1c(NC(=O)c2ccccc2)cccc1NC(=O)c1ccc(NC(=O)C2CC2)s1. The third-order valence-electron chi connectivity index (χ3n) is 4.89. The fourth-order valence-corrected chi connectivity index (χ4v) is 3.77. The van der Waals surface area contributed by atoms with E-state index in [4.69, 9.17) is 0 Å². The van der Waals surface area contributed by atoms with Gasteiger partial charge in [0, 0.05) is 22.9 Å². The summed E-state index contributed by atoms with van der Waals surface area (Å²) in [6.45, 7) is 1.84. The molecule has 0 unspecified atom stereocenters. The minimum absolute atomic E-state index is 0.0153. The molecule has 30 heavy (non-hydrogen) atoms. The first-order valence-corrected chi connectivity index (χ1v) is 10.5. The predicted octanol–water partition coefficient (Wildman–Crippen LogP) is 4.91. The van der Waals surface area contributed by atoms with Gasteiger partial charge in [0.25, 0.3) is 11.8 Å². The third kappa shape index (κ3) is 4.58. The lowest BCUT2D eigenvalue weighted by Crippen LogP contribution is -2.15. The minimum atomic E-state index is -0.262. The van der Waals surface area contributed by atoms with E-state index in [2.05, 4.69) is 16.0 Å². The molecule has 0 atom stereocenters. The van der Waals surface area contributed by atoms with E-state index in [0.29, 0.717) is 26.8 Å². The van der Waals surface area contributed by atoms with Crippen LogP contribution in [0.2, 0.25) is 0 Å². The highest BCUT2D eigenvalue weighted by molar-refractivity contribution is 7.18. The van der Waals surface area contributed by atoms with Crippen molar-refractivity contribution in [2.45, 2.75) is 19.8 Å². The van der Waals surface area contributed by atoms with Crippen LogP contribution in [0.5, 0.6) is 0 Å². The van der Waals surface area contributed by atoms with Crippen LogP contribution in [0.15, 0.2) is 60.7 Å². The molecule has 1 aliphatic rings. The van der Waals surface area contributed by atoms with Crippen molar-refractivity contribution in [3.63, 3.8) is 0 Å². The lowest BCUT2D eigenvalue weighted by atomic mass is 10.1. The average Bonchev–Trinajstić information content (AvgIpc) is 3.51. The van der Waals surface area contributed by atoms with Gasteiger partial charge in [0.05, 0.1) is 9.88 Å². The van der Waals surface area contributed by atoms with Crippen LogP contribution in [0.25, 0.3) is 0 Å². The zero-order chi connectivity index (χ0) is 21.1. The number of carbonyl (C=O) groups excluding carboxylic acids is 3. The van der Waals surface area contributed by atoms with Gasteiger partial charge in [-0.25, -0.2) is 0 Å². The van der Waals surface area contributed by atoms with Gasteiger partial charge in [0.15, 0.2) is 0 Å². The van der Waals surface area contributed by atoms with Crippen molar-refractivity contribution in [3.8, 4) is 0 Å². The molecule has 1 fully saturated rings. The summed E-state index contributed by atoms with van der Waals surface area (Å²) >= 11 is 1.24. The van der Waals surface area contributed by atoms with E-state index in [1.54, 1.807) is 54.6 Å². The number of thiophene rings is 1. The second kappa shape index (κ2) is 8.51. The summed E-state index contributed by atoms with van der Waals surface area (Å²) in [5.74, 6) is -0.347. The van der Waals surface area contributed by atoms with Gasteiger partial charge in [-0.1, -0.05) is 24.3 Å². The molecule has 0 spiro atoms. The Balaban J connectivity index is 1.43. The van der Waals surface area contributed by atoms with Gasteiger partial charge in [-0.3, -0.25) is 14.4 Å². The van der Waals surface area contributed by atoms with Crippen LogP contribution in [0, 0.1) is 12.8 Å². The topological polar surface area (TPSA) is 87.3 Å². The maximum Gasteiger partial charge on any atom is 0.265 e. The van der Waals surface area contributed by atoms with Crippen molar-refractivity contribution in [3.05, 3.63) is 76.7 Å². The highest BCUT2D eigenvalue weighted by Crippen LogP contribution is 2.32. The summed E-state index contributed by atoms with van der Waals surface area (Å²) in [6, 6.07) is 17.7. The quantitative estimate of drug-likeness (QED) is 0.530. The maximum atomic E-state index is 12.7. The molecule has 3 aromatic rings. The molecule has 152 valence electrons. The summed E-state index contributed by atoms with van der Waals surface area (Å²) in [4.78, 5) is 37.5. The summed E-state index contributed by atoms with van der Waals surface area (Å²) in [7, 11) is 0. The minimum Gasteiger partial charge on any atom is -0.322 e. The highest BCUT2D eigenvalue weighted by Gasteiger charge is 2.29. The summed E-state index contributed by atoms with van der Waals surface area (Å²) in [5, 5.41) is 9.29. The molecule has 0 bridgehead atoms. The fraction of sp³-hybridized carbons (Fsp3) is 0.174. The van der Waals surface area contributed by atoms with Gasteiger partial charge in [-0.05, 0) is 61.7 Å². The zero-order valence-electron chi connectivity index (χ0n) is 16.4. The Bertz CT molecular complexity index is 1100. The van der Waals surface area contributed by atoms with E-state index >= 15 is 0 Å². The number of benzene rings is 2. The first-order chi connectivity index (χ1) is 14.5. The van der Waals surface area contributed by atoms with E-state index in [9.17, 15) is 14.4 Å². The lowest BCUT2D eigenvalue weighted by Gasteiger charge is -2.13. The average molecular weight is 420 g/mol. The molecule has 3 amide bonds. The summed E-state index contributed by atoms with van der Waals surface area (Å²) < 4.78 is 0. The normalized spacial score (nSPS) is 12.8. The molecule has 3 N–H and O–H groups in total. The van der Waals surface area contributed by atoms with Crippen LogP contribution in [-0.4, -0.2) is 17.7 Å². The molecule has 6 nitrogen and oxygen atoms in total. The highest BCUT2D eigenvalue weighted by atomic mass is 32.1. The van der Waals surface area contributed by atoms with Crippen molar-refractivity contribution in [1.29, 1.82) is 0 Å². The number of hydrogen-bond acceptors (Lipinski definition) is 4. The van der Waals surface area contributed by atoms with Crippen molar-refractivity contribution >= 4 is 45.4 Å². The number of amides is 3. The molecular formula is C23H21N3O3S. The maximum absolute atomic E-state index is 12.7. The van der Waals surface area contributed by atoms with Crippen LogP contribution < -0.4 is 16.0 Å². The van der Waals surface area contributed by atoms with E-state index in [-0.39, 0.29) is 23.6 Å².